The number of thiol groups is 1. The number of rotatable bonds is 4. The van der Waals surface area contributed by atoms with E-state index in [1.54, 1.807) is 0 Å². The van der Waals surface area contributed by atoms with Gasteiger partial charge in [0.25, 0.3) is 0 Å². The van der Waals surface area contributed by atoms with Crippen molar-refractivity contribution in [1.29, 1.82) is 0 Å². The predicted octanol–water partition coefficient (Wildman–Crippen LogP) is 0.907. The molecule has 1 aliphatic heterocycles. The lowest BCUT2D eigenvalue weighted by Crippen LogP contribution is -2.44. The topological polar surface area (TPSA) is 32.3 Å². The average molecular weight is 216 g/mol. The monoisotopic (exact) mass is 216 g/mol. The number of likely N-dealkylation sites (N-methyl/N-ethyl adjacent to an activating group) is 1. The Labute approximate surface area is 91.6 Å². The van der Waals surface area contributed by atoms with Gasteiger partial charge >= 0.3 is 0 Å². The van der Waals surface area contributed by atoms with Crippen molar-refractivity contribution in [2.45, 2.75) is 31.7 Å². The van der Waals surface area contributed by atoms with E-state index in [9.17, 15) is 4.79 Å². The number of hydrogen-bond acceptors (Lipinski definition) is 3. The molecular weight excluding hydrogens is 196 g/mol. The fraction of sp³-hybridized carbons (Fsp3) is 0.900. The number of likely N-dealkylation sites (tertiary alicyclic amines) is 1. The summed E-state index contributed by atoms with van der Waals surface area (Å²) in [5.74, 6) is 0.755. The molecule has 0 aliphatic carbocycles. The van der Waals surface area contributed by atoms with Crippen molar-refractivity contribution in [2.75, 3.05) is 25.9 Å². The first-order chi connectivity index (χ1) is 6.74. The highest BCUT2D eigenvalue weighted by atomic mass is 32.1. The van der Waals surface area contributed by atoms with Gasteiger partial charge in [-0.3, -0.25) is 4.79 Å². The van der Waals surface area contributed by atoms with Crippen molar-refractivity contribution < 1.29 is 4.79 Å². The Morgan fingerprint density at radius 2 is 2.36 bits per heavy atom. The molecule has 3 nitrogen and oxygen atoms in total. The van der Waals surface area contributed by atoms with Crippen LogP contribution >= 0.6 is 12.6 Å². The standard InChI is InChI=1S/C10H20N2OS/c1-12-6-3-2-4-9(12)8-11-10(13)5-7-14/h9,14H,2-8H2,1H3,(H,11,13). The first kappa shape index (κ1) is 11.9. The van der Waals surface area contributed by atoms with Crippen LogP contribution in [0.15, 0.2) is 0 Å². The summed E-state index contributed by atoms with van der Waals surface area (Å²) in [7, 11) is 2.13. The first-order valence-corrected chi connectivity index (χ1v) is 5.95. The second-order valence-corrected chi connectivity index (χ2v) is 4.36. The zero-order valence-corrected chi connectivity index (χ0v) is 9.72. The van der Waals surface area contributed by atoms with Crippen LogP contribution in [0.1, 0.15) is 25.7 Å². The van der Waals surface area contributed by atoms with Gasteiger partial charge in [-0.05, 0) is 32.2 Å². The Morgan fingerprint density at radius 1 is 1.57 bits per heavy atom. The third-order valence-corrected chi connectivity index (χ3v) is 3.02. The summed E-state index contributed by atoms with van der Waals surface area (Å²) in [4.78, 5) is 13.6. The maximum absolute atomic E-state index is 11.2. The van der Waals surface area contributed by atoms with Crippen LogP contribution in [0.3, 0.4) is 0 Å². The lowest BCUT2D eigenvalue weighted by Gasteiger charge is -2.32. The molecule has 0 spiro atoms. The molecule has 14 heavy (non-hydrogen) atoms. The molecule has 1 atom stereocenters. The van der Waals surface area contributed by atoms with Crippen LogP contribution in [0.2, 0.25) is 0 Å². The van der Waals surface area contributed by atoms with E-state index >= 15 is 0 Å². The number of nitrogens with one attached hydrogen (secondary N) is 1. The third kappa shape index (κ3) is 3.88. The molecule has 0 aromatic heterocycles. The largest absolute Gasteiger partial charge is 0.355 e. The second-order valence-electron chi connectivity index (χ2n) is 3.91. The molecule has 1 N–H and O–H groups in total. The Morgan fingerprint density at radius 3 is 3.00 bits per heavy atom. The van der Waals surface area contributed by atoms with Crippen LogP contribution in [0.4, 0.5) is 0 Å². The van der Waals surface area contributed by atoms with Gasteiger partial charge in [0.05, 0.1) is 0 Å². The van der Waals surface area contributed by atoms with Gasteiger partial charge in [0.1, 0.15) is 0 Å². The summed E-state index contributed by atoms with van der Waals surface area (Å²) in [6, 6.07) is 0.535. The summed E-state index contributed by atoms with van der Waals surface area (Å²) < 4.78 is 0. The Balaban J connectivity index is 2.19. The van der Waals surface area contributed by atoms with Gasteiger partial charge in [-0.25, -0.2) is 0 Å². The van der Waals surface area contributed by atoms with Gasteiger partial charge in [-0.15, -0.1) is 0 Å². The number of piperidine rings is 1. The maximum atomic E-state index is 11.2. The summed E-state index contributed by atoms with van der Waals surface area (Å²) in [6.45, 7) is 1.95. The zero-order chi connectivity index (χ0) is 10.4. The smallest absolute Gasteiger partial charge is 0.220 e. The van der Waals surface area contributed by atoms with E-state index in [-0.39, 0.29) is 5.91 Å². The van der Waals surface area contributed by atoms with E-state index in [2.05, 4.69) is 29.9 Å². The van der Waals surface area contributed by atoms with Gasteiger partial charge in [0.2, 0.25) is 5.91 Å². The van der Waals surface area contributed by atoms with E-state index in [4.69, 9.17) is 0 Å². The summed E-state index contributed by atoms with van der Waals surface area (Å²) in [5, 5.41) is 2.95. The number of carbonyl (C=O) groups is 1. The maximum Gasteiger partial charge on any atom is 0.220 e. The molecule has 4 heteroatoms. The lowest BCUT2D eigenvalue weighted by atomic mass is 10.0. The average Bonchev–Trinajstić information content (AvgIpc) is 2.17. The van der Waals surface area contributed by atoms with Crippen LogP contribution in [0.25, 0.3) is 0 Å². The molecule has 1 aliphatic rings. The number of carbonyl (C=O) groups excluding carboxylic acids is 1. The molecule has 0 bridgehead atoms. The van der Waals surface area contributed by atoms with E-state index in [0.717, 1.165) is 13.1 Å². The van der Waals surface area contributed by atoms with Crippen molar-refractivity contribution in [2.24, 2.45) is 0 Å². The molecule has 1 amide bonds. The zero-order valence-electron chi connectivity index (χ0n) is 8.83. The van der Waals surface area contributed by atoms with E-state index < -0.39 is 0 Å². The highest BCUT2D eigenvalue weighted by molar-refractivity contribution is 7.80. The molecule has 0 aromatic rings. The van der Waals surface area contributed by atoms with Gasteiger partial charge in [-0.2, -0.15) is 12.6 Å². The molecule has 1 fully saturated rings. The summed E-state index contributed by atoms with van der Waals surface area (Å²) >= 11 is 4.03. The van der Waals surface area contributed by atoms with Crippen LogP contribution < -0.4 is 5.32 Å². The highest BCUT2D eigenvalue weighted by Crippen LogP contribution is 2.13. The Bertz CT molecular complexity index is 187. The second kappa shape index (κ2) is 6.30. The summed E-state index contributed by atoms with van der Waals surface area (Å²) in [6.07, 6.45) is 4.31. The fourth-order valence-corrected chi connectivity index (χ4v) is 2.03. The Hall–Kier alpha value is -0.220. The SMILES string of the molecule is CN1CCCCC1CNC(=O)CCS. The molecule has 0 radical (unpaired) electrons. The third-order valence-electron chi connectivity index (χ3n) is 2.80. The fourth-order valence-electron chi connectivity index (χ4n) is 1.82. The normalized spacial score (nSPS) is 23.4. The molecule has 1 rings (SSSR count). The van der Waals surface area contributed by atoms with E-state index in [1.165, 1.54) is 19.3 Å². The van der Waals surface area contributed by atoms with Crippen molar-refractivity contribution in [3.63, 3.8) is 0 Å². The van der Waals surface area contributed by atoms with Crippen LogP contribution in [-0.4, -0.2) is 42.7 Å². The molecular formula is C10H20N2OS. The minimum absolute atomic E-state index is 0.124. The number of amides is 1. The minimum Gasteiger partial charge on any atom is -0.355 e. The molecule has 82 valence electrons. The molecule has 1 heterocycles. The van der Waals surface area contributed by atoms with E-state index in [0.29, 0.717) is 18.2 Å². The quantitative estimate of drug-likeness (QED) is 0.685. The van der Waals surface area contributed by atoms with Gasteiger partial charge in [0.15, 0.2) is 0 Å². The van der Waals surface area contributed by atoms with Crippen molar-refractivity contribution in [3.8, 4) is 0 Å². The minimum atomic E-state index is 0.124. The van der Waals surface area contributed by atoms with Crippen LogP contribution in [0.5, 0.6) is 0 Å². The van der Waals surface area contributed by atoms with E-state index in [1.807, 2.05) is 0 Å². The van der Waals surface area contributed by atoms with Crippen molar-refractivity contribution in [1.82, 2.24) is 10.2 Å². The van der Waals surface area contributed by atoms with Crippen molar-refractivity contribution in [3.05, 3.63) is 0 Å². The summed E-state index contributed by atoms with van der Waals surface area (Å²) in [5.41, 5.74) is 0. The number of hydrogen-bond donors (Lipinski definition) is 2. The molecule has 1 saturated heterocycles. The van der Waals surface area contributed by atoms with Gasteiger partial charge in [-0.1, -0.05) is 6.42 Å². The first-order valence-electron chi connectivity index (χ1n) is 5.32. The van der Waals surface area contributed by atoms with Crippen LogP contribution in [0, 0.1) is 0 Å². The molecule has 0 saturated carbocycles. The highest BCUT2D eigenvalue weighted by Gasteiger charge is 2.18. The molecule has 0 aromatic carbocycles. The van der Waals surface area contributed by atoms with Gasteiger partial charge < -0.3 is 10.2 Å². The Kier molecular flexibility index (Phi) is 5.33. The van der Waals surface area contributed by atoms with Crippen molar-refractivity contribution >= 4 is 18.5 Å². The van der Waals surface area contributed by atoms with Crippen LogP contribution in [-0.2, 0) is 4.79 Å². The predicted molar refractivity (Wildman–Crippen MR) is 61.7 cm³/mol. The lowest BCUT2D eigenvalue weighted by molar-refractivity contribution is -0.120. The molecule has 1 unspecified atom stereocenters. The number of nitrogens with zero attached hydrogens (tertiary/aromatic N) is 1. The van der Waals surface area contributed by atoms with Gasteiger partial charge in [0, 0.05) is 19.0 Å².